The van der Waals surface area contributed by atoms with Crippen LogP contribution in [0.2, 0.25) is 5.02 Å². The first-order chi connectivity index (χ1) is 15.0. The van der Waals surface area contributed by atoms with Crippen molar-refractivity contribution < 1.29 is 9.59 Å². The number of benzene rings is 1. The zero-order chi connectivity index (χ0) is 22.0. The van der Waals surface area contributed by atoms with E-state index >= 15 is 0 Å². The molecule has 2 amide bonds. The summed E-state index contributed by atoms with van der Waals surface area (Å²) in [5.41, 5.74) is 3.18. The van der Waals surface area contributed by atoms with Crippen molar-refractivity contribution in [1.82, 2.24) is 19.7 Å². The number of aromatic nitrogens is 3. The lowest BCUT2D eigenvalue weighted by Gasteiger charge is -2.31. The summed E-state index contributed by atoms with van der Waals surface area (Å²) in [6, 6.07) is 7.42. The fourth-order valence-corrected chi connectivity index (χ4v) is 4.73. The van der Waals surface area contributed by atoms with Crippen LogP contribution in [0.3, 0.4) is 0 Å². The summed E-state index contributed by atoms with van der Waals surface area (Å²) in [6.45, 7) is 4.99. The summed E-state index contributed by atoms with van der Waals surface area (Å²) < 4.78 is 1.77. The van der Waals surface area contributed by atoms with Gasteiger partial charge in [-0.25, -0.2) is 9.67 Å². The number of halogens is 1. The molecule has 162 valence electrons. The van der Waals surface area contributed by atoms with Crippen LogP contribution in [0.15, 0.2) is 35.8 Å². The number of aryl methyl sites for hydroxylation is 1. The van der Waals surface area contributed by atoms with E-state index in [2.05, 4.69) is 15.4 Å². The fraction of sp³-hybridized carbons (Fsp3) is 0.364. The zero-order valence-corrected chi connectivity index (χ0v) is 19.0. The van der Waals surface area contributed by atoms with Crippen molar-refractivity contribution in [2.45, 2.75) is 33.1 Å². The number of hydrogen-bond acceptors (Lipinski definition) is 5. The number of piperidine rings is 1. The van der Waals surface area contributed by atoms with Crippen molar-refractivity contribution >= 4 is 39.9 Å². The molecule has 1 aliphatic heterocycles. The summed E-state index contributed by atoms with van der Waals surface area (Å²) in [6.07, 6.45) is 3.56. The molecule has 31 heavy (non-hydrogen) atoms. The number of thiazole rings is 1. The maximum atomic E-state index is 13.2. The Morgan fingerprint density at radius 2 is 2.06 bits per heavy atom. The highest BCUT2D eigenvalue weighted by atomic mass is 35.5. The number of carbonyl (C=O) groups is 2. The molecule has 1 N–H and O–H groups in total. The van der Waals surface area contributed by atoms with Gasteiger partial charge in [0, 0.05) is 29.4 Å². The van der Waals surface area contributed by atoms with Gasteiger partial charge in [-0.15, -0.1) is 11.3 Å². The van der Waals surface area contributed by atoms with Gasteiger partial charge in [0.2, 0.25) is 5.91 Å². The van der Waals surface area contributed by atoms with E-state index < -0.39 is 0 Å². The third-order valence-electron chi connectivity index (χ3n) is 5.49. The van der Waals surface area contributed by atoms with Gasteiger partial charge in [-0.2, -0.15) is 5.10 Å². The molecule has 1 saturated heterocycles. The maximum absolute atomic E-state index is 13.2. The smallest absolute Gasteiger partial charge is 0.257 e. The predicted molar refractivity (Wildman–Crippen MR) is 122 cm³/mol. The third kappa shape index (κ3) is 4.65. The molecule has 1 fully saturated rings. The monoisotopic (exact) mass is 457 g/mol. The SMILES string of the molecule is CCc1c(C(=O)N2CCC(C(=O)Nc3nc(C)cs3)CC2)cnn1-c1cccc(Cl)c1. The van der Waals surface area contributed by atoms with E-state index in [9.17, 15) is 9.59 Å². The van der Waals surface area contributed by atoms with Crippen molar-refractivity contribution in [2.24, 2.45) is 5.92 Å². The van der Waals surface area contributed by atoms with Gasteiger partial charge in [-0.3, -0.25) is 9.59 Å². The van der Waals surface area contributed by atoms with Gasteiger partial charge in [-0.05, 0) is 44.4 Å². The quantitative estimate of drug-likeness (QED) is 0.617. The molecule has 7 nitrogen and oxygen atoms in total. The Hall–Kier alpha value is -2.71. The molecule has 3 heterocycles. The zero-order valence-electron chi connectivity index (χ0n) is 17.5. The average Bonchev–Trinajstić information content (AvgIpc) is 3.39. The molecule has 0 saturated carbocycles. The first-order valence-electron chi connectivity index (χ1n) is 10.3. The van der Waals surface area contributed by atoms with Crippen LogP contribution >= 0.6 is 22.9 Å². The van der Waals surface area contributed by atoms with Gasteiger partial charge < -0.3 is 10.2 Å². The van der Waals surface area contributed by atoms with Crippen LogP contribution in [0, 0.1) is 12.8 Å². The lowest BCUT2D eigenvalue weighted by atomic mass is 9.95. The van der Waals surface area contributed by atoms with Crippen LogP contribution in [0.4, 0.5) is 5.13 Å². The minimum atomic E-state index is -0.118. The van der Waals surface area contributed by atoms with Crippen LogP contribution in [0.5, 0.6) is 0 Å². The van der Waals surface area contributed by atoms with Crippen LogP contribution in [0.25, 0.3) is 5.69 Å². The molecule has 1 aliphatic rings. The highest BCUT2D eigenvalue weighted by Gasteiger charge is 2.30. The standard InChI is InChI=1S/C22H24ClN5O2S/c1-3-19-18(12-24-28(19)17-6-4-5-16(23)11-17)21(30)27-9-7-15(8-10-27)20(29)26-22-25-14(2)13-31-22/h4-6,11-13,15H,3,7-10H2,1-2H3,(H,25,26,29). The fourth-order valence-electron chi connectivity index (χ4n) is 3.86. The van der Waals surface area contributed by atoms with E-state index in [-0.39, 0.29) is 17.7 Å². The first-order valence-corrected chi connectivity index (χ1v) is 11.6. The Kier molecular flexibility index (Phi) is 6.38. The minimum Gasteiger partial charge on any atom is -0.338 e. The van der Waals surface area contributed by atoms with Crippen LogP contribution in [0.1, 0.15) is 41.5 Å². The Labute approximate surface area is 190 Å². The molecule has 9 heteroatoms. The average molecular weight is 458 g/mol. The molecule has 3 aromatic rings. The number of rotatable bonds is 5. The second-order valence-electron chi connectivity index (χ2n) is 7.60. The van der Waals surface area contributed by atoms with Gasteiger partial charge in [0.1, 0.15) is 0 Å². The van der Waals surface area contributed by atoms with Crippen LogP contribution in [-0.2, 0) is 11.2 Å². The number of hydrogen-bond donors (Lipinski definition) is 1. The van der Waals surface area contributed by atoms with Crippen molar-refractivity contribution in [2.75, 3.05) is 18.4 Å². The summed E-state index contributed by atoms with van der Waals surface area (Å²) in [5, 5.41) is 10.5. The second-order valence-corrected chi connectivity index (χ2v) is 8.89. The molecule has 4 rings (SSSR count). The summed E-state index contributed by atoms with van der Waals surface area (Å²) in [7, 11) is 0. The molecule has 2 aromatic heterocycles. The van der Waals surface area contributed by atoms with E-state index in [0.29, 0.717) is 48.1 Å². The normalized spacial score (nSPS) is 14.6. The van der Waals surface area contributed by atoms with Crippen molar-refractivity contribution in [1.29, 1.82) is 0 Å². The Morgan fingerprint density at radius 1 is 1.29 bits per heavy atom. The first kappa shape index (κ1) is 21.5. The highest BCUT2D eigenvalue weighted by molar-refractivity contribution is 7.13. The second kappa shape index (κ2) is 9.20. The Morgan fingerprint density at radius 3 is 2.71 bits per heavy atom. The number of likely N-dealkylation sites (tertiary alicyclic amines) is 1. The van der Waals surface area contributed by atoms with Crippen LogP contribution < -0.4 is 5.32 Å². The largest absolute Gasteiger partial charge is 0.338 e. The molecule has 0 atom stereocenters. The van der Waals surface area contributed by atoms with E-state index in [1.165, 1.54) is 11.3 Å². The topological polar surface area (TPSA) is 80.1 Å². The number of anilines is 1. The number of carbonyl (C=O) groups excluding carboxylic acids is 2. The number of amides is 2. The predicted octanol–water partition coefficient (Wildman–Crippen LogP) is 4.34. The van der Waals surface area contributed by atoms with Gasteiger partial charge in [0.15, 0.2) is 5.13 Å². The summed E-state index contributed by atoms with van der Waals surface area (Å²) in [4.78, 5) is 31.8. The number of nitrogens with zero attached hydrogens (tertiary/aromatic N) is 4. The molecule has 0 aliphatic carbocycles. The maximum Gasteiger partial charge on any atom is 0.257 e. The molecule has 0 unspecified atom stereocenters. The number of nitrogens with one attached hydrogen (secondary N) is 1. The van der Waals surface area contributed by atoms with Gasteiger partial charge >= 0.3 is 0 Å². The molecule has 0 radical (unpaired) electrons. The third-order valence-corrected chi connectivity index (χ3v) is 6.60. The Balaban J connectivity index is 1.42. The van der Waals surface area contributed by atoms with Crippen LogP contribution in [-0.4, -0.2) is 44.6 Å². The molecular weight excluding hydrogens is 434 g/mol. The van der Waals surface area contributed by atoms with E-state index in [1.54, 1.807) is 10.9 Å². The van der Waals surface area contributed by atoms with Crippen molar-refractivity contribution in [3.8, 4) is 5.69 Å². The van der Waals surface area contributed by atoms with Crippen molar-refractivity contribution in [3.63, 3.8) is 0 Å². The highest BCUT2D eigenvalue weighted by Crippen LogP contribution is 2.24. The minimum absolute atomic E-state index is 0.0236. The molecular formula is C22H24ClN5O2S. The molecule has 1 aromatic carbocycles. The molecule has 0 bridgehead atoms. The van der Waals surface area contributed by atoms with Crippen molar-refractivity contribution in [3.05, 3.63) is 57.8 Å². The van der Waals surface area contributed by atoms with Gasteiger partial charge in [-0.1, -0.05) is 24.6 Å². The van der Waals surface area contributed by atoms with Gasteiger partial charge in [0.25, 0.3) is 5.91 Å². The molecule has 0 spiro atoms. The summed E-state index contributed by atoms with van der Waals surface area (Å²) in [5.74, 6) is -0.183. The van der Waals surface area contributed by atoms with E-state index in [4.69, 9.17) is 11.6 Å². The summed E-state index contributed by atoms with van der Waals surface area (Å²) >= 11 is 7.55. The van der Waals surface area contributed by atoms with E-state index in [0.717, 1.165) is 17.1 Å². The lowest BCUT2D eigenvalue weighted by molar-refractivity contribution is -0.121. The van der Waals surface area contributed by atoms with E-state index in [1.807, 2.05) is 48.4 Å². The lowest BCUT2D eigenvalue weighted by Crippen LogP contribution is -2.41. The Bertz CT molecular complexity index is 1100. The van der Waals surface area contributed by atoms with Gasteiger partial charge in [0.05, 0.1) is 28.8 Å².